The van der Waals surface area contributed by atoms with Crippen LogP contribution in [0.4, 0.5) is 8.78 Å². The molecule has 16 heavy (non-hydrogen) atoms. The first-order chi connectivity index (χ1) is 7.72. The molecule has 0 aromatic heterocycles. The summed E-state index contributed by atoms with van der Waals surface area (Å²) >= 11 is 0. The minimum atomic E-state index is -0.847. The zero-order valence-electron chi connectivity index (χ0n) is 9.53. The number of alkyl halides is 2. The third-order valence-corrected chi connectivity index (χ3v) is 1.20. The van der Waals surface area contributed by atoms with Crippen LogP contribution in [0.3, 0.4) is 0 Å². The van der Waals surface area contributed by atoms with Crippen LogP contribution in [0.2, 0.25) is 0 Å². The van der Waals surface area contributed by atoms with E-state index in [-0.39, 0.29) is 0 Å². The van der Waals surface area contributed by atoms with E-state index in [4.69, 9.17) is 0 Å². The van der Waals surface area contributed by atoms with Gasteiger partial charge in [0.2, 0.25) is 0 Å². The van der Waals surface area contributed by atoms with Crippen LogP contribution in [0.1, 0.15) is 5.56 Å². The average Bonchev–Trinajstić information content (AvgIpc) is 2.32. The van der Waals surface area contributed by atoms with Gasteiger partial charge in [-0.15, -0.1) is 0 Å². The van der Waals surface area contributed by atoms with Crippen molar-refractivity contribution >= 4 is 0 Å². The van der Waals surface area contributed by atoms with Crippen molar-refractivity contribution in [1.29, 1.82) is 0 Å². The average molecular weight is 228 g/mol. The minimum Gasteiger partial charge on any atom is -0.474 e. The van der Waals surface area contributed by atoms with E-state index in [2.05, 4.69) is 37.0 Å². The number of hydrogen-bond acceptors (Lipinski definition) is 1. The smallest absolute Gasteiger partial charge is 0.118 e. The number of hydrogen-bond donors (Lipinski definition) is 0. The van der Waals surface area contributed by atoms with Crippen molar-refractivity contribution in [3.05, 3.63) is 61.6 Å². The molecule has 0 aliphatic rings. The maximum absolute atomic E-state index is 10.3. The highest BCUT2D eigenvalue weighted by Gasteiger charge is 1.72. The highest BCUT2D eigenvalue weighted by Crippen LogP contribution is 1.92. The van der Waals surface area contributed by atoms with Gasteiger partial charge in [0, 0.05) is 0 Å². The maximum atomic E-state index is 10.3. The Balaban J connectivity index is 0. The molecule has 1 aromatic carbocycles. The summed E-state index contributed by atoms with van der Waals surface area (Å²) in [5.41, 5.74) is 1.32. The molecule has 0 radical (unpaired) electrons. The van der Waals surface area contributed by atoms with Crippen molar-refractivity contribution < 1.29 is 13.5 Å². The fraction of sp³-hybridized carbons (Fsp3) is 0.231. The fourth-order valence-corrected chi connectivity index (χ4v) is 0.602. The van der Waals surface area contributed by atoms with Crippen LogP contribution in [-0.2, 0) is 4.74 Å². The van der Waals surface area contributed by atoms with Gasteiger partial charge in [-0.1, -0.05) is 49.1 Å². The normalized spacial score (nSPS) is 7.44. The largest absolute Gasteiger partial charge is 0.474 e. The molecule has 0 amide bonds. The SMILES string of the molecule is C=COC=C.Cc1ccccc1.FCCF. The molecule has 0 heterocycles. The highest BCUT2D eigenvalue weighted by atomic mass is 19.2. The summed E-state index contributed by atoms with van der Waals surface area (Å²) in [4.78, 5) is 0. The molecule has 1 aromatic rings. The molecule has 0 fully saturated rings. The van der Waals surface area contributed by atoms with Crippen LogP contribution in [0.5, 0.6) is 0 Å². The fourth-order valence-electron chi connectivity index (χ4n) is 0.602. The first-order valence-electron chi connectivity index (χ1n) is 4.73. The summed E-state index contributed by atoms with van der Waals surface area (Å²) in [5.74, 6) is 0. The molecule has 0 N–H and O–H groups in total. The standard InChI is InChI=1S/C7H8.C4H6O.C2H4F2/c1-7-5-3-2-4-6-7;1-3-5-4-2;3-1-2-4/h2-6H,1H3;3-4H,1-2H2;1-2H2. The van der Waals surface area contributed by atoms with Crippen molar-refractivity contribution in [2.75, 3.05) is 13.3 Å². The van der Waals surface area contributed by atoms with Gasteiger partial charge in [-0.2, -0.15) is 0 Å². The van der Waals surface area contributed by atoms with Gasteiger partial charge in [-0.3, -0.25) is 0 Å². The summed E-state index contributed by atoms with van der Waals surface area (Å²) in [6.07, 6.45) is 2.62. The van der Waals surface area contributed by atoms with E-state index in [9.17, 15) is 8.78 Å². The summed E-state index contributed by atoms with van der Waals surface area (Å²) in [6, 6.07) is 10.3. The van der Waals surface area contributed by atoms with E-state index in [1.165, 1.54) is 18.1 Å². The Hall–Kier alpha value is -1.64. The van der Waals surface area contributed by atoms with Crippen LogP contribution < -0.4 is 0 Å². The molecule has 0 spiro atoms. The number of rotatable bonds is 3. The van der Waals surface area contributed by atoms with Crippen LogP contribution in [0.25, 0.3) is 0 Å². The molecule has 0 saturated heterocycles. The lowest BCUT2D eigenvalue weighted by molar-refractivity contribution is 0.380. The third-order valence-electron chi connectivity index (χ3n) is 1.20. The third kappa shape index (κ3) is 18.2. The van der Waals surface area contributed by atoms with Crippen molar-refractivity contribution in [1.82, 2.24) is 0 Å². The first kappa shape index (κ1) is 16.8. The van der Waals surface area contributed by atoms with Crippen LogP contribution in [-0.4, -0.2) is 13.3 Å². The Bertz CT molecular complexity index is 239. The second kappa shape index (κ2) is 15.8. The van der Waals surface area contributed by atoms with Gasteiger partial charge in [-0.25, -0.2) is 8.78 Å². The molecule has 0 unspecified atom stereocenters. The van der Waals surface area contributed by atoms with Crippen LogP contribution >= 0.6 is 0 Å². The molecule has 0 aliphatic carbocycles. The quantitative estimate of drug-likeness (QED) is 0.704. The lowest BCUT2D eigenvalue weighted by Crippen LogP contribution is -1.68. The van der Waals surface area contributed by atoms with E-state index in [1.54, 1.807) is 0 Å². The van der Waals surface area contributed by atoms with Gasteiger partial charge in [0.15, 0.2) is 0 Å². The van der Waals surface area contributed by atoms with Gasteiger partial charge < -0.3 is 4.74 Å². The summed E-state index contributed by atoms with van der Waals surface area (Å²) in [7, 11) is 0. The molecule has 3 heteroatoms. The molecule has 0 bridgehead atoms. The Kier molecular flexibility index (Phi) is 16.6. The zero-order chi connectivity index (χ0) is 12.6. The number of halogens is 2. The lowest BCUT2D eigenvalue weighted by Gasteiger charge is -1.82. The van der Waals surface area contributed by atoms with Crippen LogP contribution in [0, 0.1) is 6.92 Å². The van der Waals surface area contributed by atoms with Crippen molar-refractivity contribution in [3.8, 4) is 0 Å². The van der Waals surface area contributed by atoms with E-state index in [0.29, 0.717) is 0 Å². The molecule has 1 nitrogen and oxygen atoms in total. The van der Waals surface area contributed by atoms with Crippen molar-refractivity contribution in [2.45, 2.75) is 6.92 Å². The molecular weight excluding hydrogens is 210 g/mol. The molecular formula is C13H18F2O. The summed E-state index contributed by atoms with van der Waals surface area (Å²) in [6.45, 7) is 6.90. The molecule has 0 atom stereocenters. The maximum Gasteiger partial charge on any atom is 0.118 e. The second-order valence-electron chi connectivity index (χ2n) is 2.50. The van der Waals surface area contributed by atoms with Gasteiger partial charge in [0.25, 0.3) is 0 Å². The number of ether oxygens (including phenoxy) is 1. The van der Waals surface area contributed by atoms with E-state index in [1.807, 2.05) is 18.2 Å². The molecule has 0 saturated carbocycles. The highest BCUT2D eigenvalue weighted by molar-refractivity contribution is 5.11. The predicted molar refractivity (Wildman–Crippen MR) is 64.6 cm³/mol. The number of aryl methyl sites for hydroxylation is 1. The van der Waals surface area contributed by atoms with E-state index >= 15 is 0 Å². The second-order valence-corrected chi connectivity index (χ2v) is 2.50. The Morgan fingerprint density at radius 3 is 1.62 bits per heavy atom. The van der Waals surface area contributed by atoms with Gasteiger partial charge >= 0.3 is 0 Å². The van der Waals surface area contributed by atoms with Gasteiger partial charge in [0.05, 0.1) is 12.5 Å². The lowest BCUT2D eigenvalue weighted by atomic mass is 10.2. The molecule has 1 rings (SSSR count). The van der Waals surface area contributed by atoms with Gasteiger partial charge in [-0.05, 0) is 6.92 Å². The van der Waals surface area contributed by atoms with E-state index in [0.717, 1.165) is 0 Å². The summed E-state index contributed by atoms with van der Waals surface area (Å²) in [5, 5.41) is 0. The monoisotopic (exact) mass is 228 g/mol. The molecule has 0 aliphatic heterocycles. The summed E-state index contributed by atoms with van der Waals surface area (Å²) < 4.78 is 25.1. The Morgan fingerprint density at radius 1 is 1.06 bits per heavy atom. The number of benzene rings is 1. The zero-order valence-corrected chi connectivity index (χ0v) is 9.53. The first-order valence-corrected chi connectivity index (χ1v) is 4.73. The molecule has 90 valence electrons. The minimum absolute atomic E-state index is 0.847. The topological polar surface area (TPSA) is 9.23 Å². The van der Waals surface area contributed by atoms with Crippen LogP contribution in [0.15, 0.2) is 56.0 Å². The predicted octanol–water partition coefficient (Wildman–Crippen LogP) is 4.21. The van der Waals surface area contributed by atoms with Crippen molar-refractivity contribution in [3.63, 3.8) is 0 Å². The Labute approximate surface area is 96.1 Å². The van der Waals surface area contributed by atoms with Gasteiger partial charge in [0.1, 0.15) is 13.3 Å². The van der Waals surface area contributed by atoms with Crippen molar-refractivity contribution in [2.24, 2.45) is 0 Å². The van der Waals surface area contributed by atoms with E-state index < -0.39 is 13.3 Å². The Morgan fingerprint density at radius 2 is 1.50 bits per heavy atom.